The summed E-state index contributed by atoms with van der Waals surface area (Å²) in [6, 6.07) is 13.4. The summed E-state index contributed by atoms with van der Waals surface area (Å²) in [4.78, 5) is 22.7. The van der Waals surface area contributed by atoms with Crippen molar-refractivity contribution in [3.8, 4) is 5.75 Å². The van der Waals surface area contributed by atoms with Gasteiger partial charge in [0, 0.05) is 31.2 Å². The molecule has 0 saturated heterocycles. The maximum atomic E-state index is 12.3. The van der Waals surface area contributed by atoms with Crippen molar-refractivity contribution in [1.82, 2.24) is 14.8 Å². The molecule has 0 saturated carbocycles. The summed E-state index contributed by atoms with van der Waals surface area (Å²) in [5.41, 5.74) is 1.28. The van der Waals surface area contributed by atoms with Crippen molar-refractivity contribution in [2.24, 2.45) is 7.05 Å². The van der Waals surface area contributed by atoms with E-state index in [4.69, 9.17) is 4.74 Å². The third kappa shape index (κ3) is 4.55. The minimum atomic E-state index is -0.516. The van der Waals surface area contributed by atoms with E-state index in [0.717, 1.165) is 17.1 Å². The van der Waals surface area contributed by atoms with Crippen molar-refractivity contribution >= 4 is 23.2 Å². The first kappa shape index (κ1) is 19.6. The average molecular weight is 398 g/mol. The number of hydrogen-bond acceptors (Lipinski definition) is 7. The molecule has 0 N–H and O–H groups in total. The van der Waals surface area contributed by atoms with Crippen molar-refractivity contribution in [2.45, 2.75) is 11.6 Å². The smallest absolute Gasteiger partial charge is 0.270 e. The first-order valence-corrected chi connectivity index (χ1v) is 9.38. The Kier molecular flexibility index (Phi) is 6.05. The molecule has 1 heterocycles. The van der Waals surface area contributed by atoms with Crippen LogP contribution in [0.5, 0.6) is 5.75 Å². The number of carbonyl (C=O) groups is 1. The summed E-state index contributed by atoms with van der Waals surface area (Å²) >= 11 is 1.25. The molecule has 3 aromatic rings. The molecule has 0 spiro atoms. The van der Waals surface area contributed by atoms with Gasteiger partial charge < -0.3 is 9.30 Å². The number of methoxy groups -OCH3 is 1. The Labute approximate surface area is 165 Å². The predicted molar refractivity (Wildman–Crippen MR) is 105 cm³/mol. The Bertz CT molecular complexity index is 1000. The normalized spacial score (nSPS) is 10.6. The van der Waals surface area contributed by atoms with E-state index >= 15 is 0 Å². The molecule has 0 unspecified atom stereocenters. The monoisotopic (exact) mass is 398 g/mol. The second-order valence-electron chi connectivity index (χ2n) is 6.00. The van der Waals surface area contributed by atoms with Crippen LogP contribution in [-0.2, 0) is 13.5 Å². The van der Waals surface area contributed by atoms with Crippen LogP contribution in [0.25, 0.3) is 0 Å². The first-order valence-electron chi connectivity index (χ1n) is 8.39. The van der Waals surface area contributed by atoms with E-state index in [1.165, 1.54) is 30.0 Å². The average Bonchev–Trinajstić information content (AvgIpc) is 3.06. The molecule has 0 radical (unpaired) electrons. The fourth-order valence-corrected chi connectivity index (χ4v) is 3.38. The zero-order valence-corrected chi connectivity index (χ0v) is 16.2. The third-order valence-electron chi connectivity index (χ3n) is 4.16. The van der Waals surface area contributed by atoms with E-state index < -0.39 is 4.92 Å². The van der Waals surface area contributed by atoms with Crippen LogP contribution in [0.4, 0.5) is 5.69 Å². The predicted octanol–water partition coefficient (Wildman–Crippen LogP) is 3.30. The van der Waals surface area contributed by atoms with Crippen LogP contribution in [0, 0.1) is 10.1 Å². The van der Waals surface area contributed by atoms with Gasteiger partial charge in [0.25, 0.3) is 5.69 Å². The van der Waals surface area contributed by atoms with E-state index in [1.54, 1.807) is 13.2 Å². The number of ketones is 1. The number of hydrogen-bond donors (Lipinski definition) is 0. The van der Waals surface area contributed by atoms with Crippen molar-refractivity contribution in [2.75, 3.05) is 12.9 Å². The second kappa shape index (κ2) is 8.66. The van der Waals surface area contributed by atoms with Crippen LogP contribution >= 0.6 is 11.8 Å². The van der Waals surface area contributed by atoms with E-state index in [9.17, 15) is 14.9 Å². The van der Waals surface area contributed by atoms with Crippen LogP contribution < -0.4 is 4.74 Å². The number of nitro groups is 1. The summed E-state index contributed by atoms with van der Waals surface area (Å²) in [5, 5.41) is 19.8. The number of non-ortho nitro benzene ring substituents is 1. The Morgan fingerprint density at radius 3 is 2.64 bits per heavy atom. The van der Waals surface area contributed by atoms with Crippen molar-refractivity contribution < 1.29 is 14.5 Å². The number of ether oxygens (including phenoxy) is 1. The minimum absolute atomic E-state index is 0.101. The lowest BCUT2D eigenvalue weighted by Crippen LogP contribution is -2.05. The molecule has 144 valence electrons. The van der Waals surface area contributed by atoms with E-state index in [0.29, 0.717) is 17.1 Å². The number of aromatic nitrogens is 3. The first-order chi connectivity index (χ1) is 13.5. The Morgan fingerprint density at radius 2 is 1.96 bits per heavy atom. The van der Waals surface area contributed by atoms with Crippen molar-refractivity contribution in [3.63, 3.8) is 0 Å². The lowest BCUT2D eigenvalue weighted by Gasteiger charge is -2.05. The molecular formula is C19H18N4O4S. The number of rotatable bonds is 8. The number of Topliss-reactive ketones (excluding diaryl/α,β-unsaturated/α-hetero) is 1. The molecule has 8 nitrogen and oxygen atoms in total. The summed E-state index contributed by atoms with van der Waals surface area (Å²) in [5.74, 6) is 1.48. The van der Waals surface area contributed by atoms with Gasteiger partial charge in [-0.05, 0) is 17.7 Å². The van der Waals surface area contributed by atoms with E-state index in [-0.39, 0.29) is 17.2 Å². The fourth-order valence-electron chi connectivity index (χ4n) is 2.56. The Balaban J connectivity index is 1.64. The fraction of sp³-hybridized carbons (Fsp3) is 0.211. The summed E-state index contributed by atoms with van der Waals surface area (Å²) < 4.78 is 7.00. The molecule has 0 aliphatic carbocycles. The maximum absolute atomic E-state index is 12.3. The van der Waals surface area contributed by atoms with Gasteiger partial charge in [-0.25, -0.2) is 0 Å². The summed E-state index contributed by atoms with van der Waals surface area (Å²) in [6.07, 6.45) is 0.604. The van der Waals surface area contributed by atoms with Crippen LogP contribution in [0.15, 0.2) is 53.7 Å². The van der Waals surface area contributed by atoms with Crippen LogP contribution in [0.2, 0.25) is 0 Å². The molecule has 0 atom stereocenters. The molecule has 0 amide bonds. The Morgan fingerprint density at radius 1 is 1.21 bits per heavy atom. The lowest BCUT2D eigenvalue weighted by molar-refractivity contribution is -0.384. The summed E-state index contributed by atoms with van der Waals surface area (Å²) in [6.45, 7) is 0. The molecule has 28 heavy (non-hydrogen) atoms. The van der Waals surface area contributed by atoms with E-state index in [2.05, 4.69) is 10.2 Å². The van der Waals surface area contributed by atoms with Gasteiger partial charge in [-0.15, -0.1) is 10.2 Å². The zero-order valence-electron chi connectivity index (χ0n) is 15.4. The number of nitro benzene ring substituents is 1. The van der Waals surface area contributed by atoms with Gasteiger partial charge in [-0.3, -0.25) is 14.9 Å². The molecule has 0 bridgehead atoms. The molecule has 9 heteroatoms. The number of thioether (sulfide) groups is 1. The molecule has 1 aromatic heterocycles. The van der Waals surface area contributed by atoms with Crippen molar-refractivity contribution in [1.29, 1.82) is 0 Å². The van der Waals surface area contributed by atoms with Gasteiger partial charge in [0.15, 0.2) is 10.9 Å². The molecule has 2 aromatic carbocycles. The number of benzene rings is 2. The van der Waals surface area contributed by atoms with Crippen LogP contribution in [0.1, 0.15) is 21.7 Å². The van der Waals surface area contributed by atoms with Gasteiger partial charge in [0.2, 0.25) is 0 Å². The van der Waals surface area contributed by atoms with Crippen LogP contribution in [0.3, 0.4) is 0 Å². The second-order valence-corrected chi connectivity index (χ2v) is 6.94. The van der Waals surface area contributed by atoms with Crippen LogP contribution in [-0.4, -0.2) is 38.3 Å². The Hall–Kier alpha value is -3.20. The lowest BCUT2D eigenvalue weighted by atomic mass is 10.1. The number of nitrogens with zero attached hydrogens (tertiary/aromatic N) is 4. The zero-order chi connectivity index (χ0) is 20.1. The standard InChI is InChI=1S/C19H18N4O4S/c1-22-18(10-13-6-8-16(27-2)9-7-13)20-21-19(22)28-12-17(24)14-4-3-5-15(11-14)23(25)26/h3-9,11H,10,12H2,1-2H3. The van der Waals surface area contributed by atoms with E-state index in [1.807, 2.05) is 35.9 Å². The van der Waals surface area contributed by atoms with Gasteiger partial charge >= 0.3 is 0 Å². The molecule has 0 aliphatic rings. The van der Waals surface area contributed by atoms with Gasteiger partial charge in [-0.2, -0.15) is 0 Å². The molecule has 3 rings (SSSR count). The highest BCUT2D eigenvalue weighted by molar-refractivity contribution is 7.99. The maximum Gasteiger partial charge on any atom is 0.270 e. The van der Waals surface area contributed by atoms with Gasteiger partial charge in [0.1, 0.15) is 11.6 Å². The molecule has 0 aliphatic heterocycles. The highest BCUT2D eigenvalue weighted by Gasteiger charge is 2.15. The third-order valence-corrected chi connectivity index (χ3v) is 5.18. The largest absolute Gasteiger partial charge is 0.497 e. The number of carbonyl (C=O) groups excluding carboxylic acids is 1. The van der Waals surface area contributed by atoms with Gasteiger partial charge in [0.05, 0.1) is 17.8 Å². The molecule has 0 fully saturated rings. The highest BCUT2D eigenvalue weighted by Crippen LogP contribution is 2.21. The highest BCUT2D eigenvalue weighted by atomic mass is 32.2. The van der Waals surface area contributed by atoms with Gasteiger partial charge in [-0.1, -0.05) is 36.0 Å². The minimum Gasteiger partial charge on any atom is -0.497 e. The topological polar surface area (TPSA) is 100 Å². The molecular weight excluding hydrogens is 380 g/mol. The quantitative estimate of drug-likeness (QED) is 0.248. The van der Waals surface area contributed by atoms with Crippen molar-refractivity contribution in [3.05, 3.63) is 75.6 Å². The SMILES string of the molecule is COc1ccc(Cc2nnc(SCC(=O)c3cccc([N+](=O)[O-])c3)n2C)cc1. The summed E-state index contributed by atoms with van der Waals surface area (Å²) in [7, 11) is 3.47.